The minimum Gasteiger partial charge on any atom is -0.296 e. The van der Waals surface area contributed by atoms with E-state index in [1.165, 1.54) is 23.9 Å². The smallest absolute Gasteiger partial charge is 0.296 e. The van der Waals surface area contributed by atoms with Gasteiger partial charge >= 0.3 is 6.18 Å². The molecule has 2 aromatic carbocycles. The second kappa shape index (κ2) is 8.41. The number of benzene rings is 2. The Kier molecular flexibility index (Phi) is 5.96. The summed E-state index contributed by atoms with van der Waals surface area (Å²) < 4.78 is 38.9. The monoisotopic (exact) mass is 420 g/mol. The van der Waals surface area contributed by atoms with E-state index in [9.17, 15) is 18.0 Å². The Morgan fingerprint density at radius 1 is 1.18 bits per heavy atom. The number of carbonyl (C=O) groups is 1. The SMILES string of the molecule is N#Cc1ccc(CSc2nnc(NC(=O)c3cccc(C(F)(F)F)c3)s2)cc1. The van der Waals surface area contributed by atoms with Gasteiger partial charge < -0.3 is 0 Å². The zero-order valence-electron chi connectivity index (χ0n) is 14.0. The van der Waals surface area contributed by atoms with Crippen LogP contribution in [0.2, 0.25) is 0 Å². The number of anilines is 1. The average molecular weight is 420 g/mol. The van der Waals surface area contributed by atoms with Gasteiger partial charge in [0, 0.05) is 11.3 Å². The molecule has 1 amide bonds. The van der Waals surface area contributed by atoms with Gasteiger partial charge in [0.25, 0.3) is 5.91 Å². The first kappa shape index (κ1) is 19.9. The molecule has 0 atom stereocenters. The molecule has 0 aliphatic heterocycles. The minimum atomic E-state index is -4.52. The van der Waals surface area contributed by atoms with Crippen LogP contribution >= 0.6 is 23.1 Å². The molecule has 10 heteroatoms. The van der Waals surface area contributed by atoms with Crippen LogP contribution in [-0.4, -0.2) is 16.1 Å². The number of amides is 1. The predicted octanol–water partition coefficient (Wildman–Crippen LogP) is 4.97. The molecule has 0 saturated heterocycles. The van der Waals surface area contributed by atoms with Crippen molar-refractivity contribution >= 4 is 34.1 Å². The average Bonchev–Trinajstić information content (AvgIpc) is 3.13. The lowest BCUT2D eigenvalue weighted by atomic mass is 10.1. The molecule has 3 aromatic rings. The van der Waals surface area contributed by atoms with E-state index in [2.05, 4.69) is 15.5 Å². The number of nitrogens with zero attached hydrogens (tertiary/aromatic N) is 3. The van der Waals surface area contributed by atoms with Crippen molar-refractivity contribution in [1.82, 2.24) is 10.2 Å². The summed E-state index contributed by atoms with van der Waals surface area (Å²) in [6.45, 7) is 0. The highest BCUT2D eigenvalue weighted by Crippen LogP contribution is 2.31. The van der Waals surface area contributed by atoms with Gasteiger partial charge in [-0.2, -0.15) is 18.4 Å². The van der Waals surface area contributed by atoms with Gasteiger partial charge in [0.15, 0.2) is 4.34 Å². The summed E-state index contributed by atoms with van der Waals surface area (Å²) in [6, 6.07) is 13.3. The molecule has 0 radical (unpaired) electrons. The third-order valence-corrected chi connectivity index (χ3v) is 5.57. The van der Waals surface area contributed by atoms with Crippen LogP contribution in [0.25, 0.3) is 0 Å². The number of thioether (sulfide) groups is 1. The van der Waals surface area contributed by atoms with E-state index in [1.807, 2.05) is 18.2 Å². The third kappa shape index (κ3) is 5.09. The lowest BCUT2D eigenvalue weighted by Crippen LogP contribution is -2.13. The molecule has 1 aromatic heterocycles. The highest BCUT2D eigenvalue weighted by Gasteiger charge is 2.31. The molecule has 5 nitrogen and oxygen atoms in total. The van der Waals surface area contributed by atoms with Crippen molar-refractivity contribution in [2.75, 3.05) is 5.32 Å². The lowest BCUT2D eigenvalue weighted by Gasteiger charge is -2.08. The minimum absolute atomic E-state index is 0.114. The van der Waals surface area contributed by atoms with Gasteiger partial charge in [-0.05, 0) is 35.9 Å². The summed E-state index contributed by atoms with van der Waals surface area (Å²) in [4.78, 5) is 12.2. The molecular weight excluding hydrogens is 409 g/mol. The lowest BCUT2D eigenvalue weighted by molar-refractivity contribution is -0.137. The summed E-state index contributed by atoms with van der Waals surface area (Å²) in [6.07, 6.45) is -4.52. The molecule has 0 unspecified atom stereocenters. The van der Waals surface area contributed by atoms with E-state index in [1.54, 1.807) is 12.1 Å². The summed E-state index contributed by atoms with van der Waals surface area (Å²) >= 11 is 2.53. The maximum absolute atomic E-state index is 12.8. The van der Waals surface area contributed by atoms with Crippen LogP contribution in [0.15, 0.2) is 52.9 Å². The van der Waals surface area contributed by atoms with Crippen LogP contribution < -0.4 is 5.32 Å². The zero-order valence-corrected chi connectivity index (χ0v) is 15.7. The van der Waals surface area contributed by atoms with E-state index >= 15 is 0 Å². The molecule has 0 aliphatic carbocycles. The fourth-order valence-electron chi connectivity index (χ4n) is 2.15. The quantitative estimate of drug-likeness (QED) is 0.466. The second-order valence-corrected chi connectivity index (χ2v) is 7.70. The number of halogens is 3. The summed E-state index contributed by atoms with van der Waals surface area (Å²) in [5.41, 5.74) is 0.561. The Bertz CT molecular complexity index is 1030. The molecule has 142 valence electrons. The number of aromatic nitrogens is 2. The number of rotatable bonds is 5. The van der Waals surface area contributed by atoms with Crippen LogP contribution in [-0.2, 0) is 11.9 Å². The van der Waals surface area contributed by atoms with Crippen molar-refractivity contribution in [3.05, 3.63) is 70.8 Å². The van der Waals surface area contributed by atoms with Gasteiger partial charge in [0.2, 0.25) is 5.13 Å². The fourth-order valence-corrected chi connectivity index (χ4v) is 3.85. The van der Waals surface area contributed by atoms with Crippen molar-refractivity contribution in [2.24, 2.45) is 0 Å². The van der Waals surface area contributed by atoms with Gasteiger partial charge in [0.05, 0.1) is 17.2 Å². The van der Waals surface area contributed by atoms with E-state index in [-0.39, 0.29) is 10.7 Å². The highest BCUT2D eigenvalue weighted by atomic mass is 32.2. The van der Waals surface area contributed by atoms with Crippen molar-refractivity contribution in [2.45, 2.75) is 16.3 Å². The number of carbonyl (C=O) groups excluding carboxylic acids is 1. The molecule has 1 heterocycles. The Morgan fingerprint density at radius 3 is 2.61 bits per heavy atom. The normalized spacial score (nSPS) is 11.1. The first-order valence-corrected chi connectivity index (χ1v) is 9.59. The zero-order chi connectivity index (χ0) is 20.1. The molecule has 0 aliphatic rings. The number of nitrogens with one attached hydrogen (secondary N) is 1. The van der Waals surface area contributed by atoms with Gasteiger partial charge in [-0.25, -0.2) is 0 Å². The molecule has 28 heavy (non-hydrogen) atoms. The van der Waals surface area contributed by atoms with Crippen LogP contribution in [0.4, 0.5) is 18.3 Å². The fraction of sp³-hybridized carbons (Fsp3) is 0.111. The van der Waals surface area contributed by atoms with Gasteiger partial charge in [-0.1, -0.05) is 41.3 Å². The van der Waals surface area contributed by atoms with Crippen molar-refractivity contribution in [3.63, 3.8) is 0 Å². The van der Waals surface area contributed by atoms with E-state index < -0.39 is 17.6 Å². The number of hydrogen-bond acceptors (Lipinski definition) is 6. The number of nitriles is 1. The Hall–Kier alpha value is -2.90. The molecule has 0 saturated carbocycles. The van der Waals surface area contributed by atoms with Crippen molar-refractivity contribution < 1.29 is 18.0 Å². The number of hydrogen-bond donors (Lipinski definition) is 1. The standard InChI is InChI=1S/C18H11F3N4OS2/c19-18(20,21)14-3-1-2-13(8-14)15(26)23-16-24-25-17(28-16)27-10-12-6-4-11(9-22)5-7-12/h1-8H,10H2,(H,23,24,26). The van der Waals surface area contributed by atoms with Crippen LogP contribution in [0, 0.1) is 11.3 Å². The number of alkyl halides is 3. The van der Waals surface area contributed by atoms with Gasteiger partial charge in [0.1, 0.15) is 0 Å². The molecular formula is C18H11F3N4OS2. The van der Waals surface area contributed by atoms with Crippen LogP contribution in [0.5, 0.6) is 0 Å². The first-order chi connectivity index (χ1) is 13.3. The van der Waals surface area contributed by atoms with Gasteiger partial charge in [-0.15, -0.1) is 10.2 Å². The Morgan fingerprint density at radius 2 is 1.93 bits per heavy atom. The largest absolute Gasteiger partial charge is 0.416 e. The van der Waals surface area contributed by atoms with Crippen molar-refractivity contribution in [1.29, 1.82) is 5.26 Å². The van der Waals surface area contributed by atoms with Crippen LogP contribution in [0.1, 0.15) is 27.0 Å². The molecule has 0 bridgehead atoms. The van der Waals surface area contributed by atoms with E-state index in [0.29, 0.717) is 15.7 Å². The third-order valence-electron chi connectivity index (χ3n) is 3.52. The predicted molar refractivity (Wildman–Crippen MR) is 100 cm³/mol. The first-order valence-electron chi connectivity index (χ1n) is 7.79. The van der Waals surface area contributed by atoms with E-state index in [4.69, 9.17) is 5.26 Å². The van der Waals surface area contributed by atoms with Crippen molar-refractivity contribution in [3.8, 4) is 6.07 Å². The summed E-state index contributed by atoms with van der Waals surface area (Å²) in [7, 11) is 0. The highest BCUT2D eigenvalue weighted by molar-refractivity contribution is 8.00. The molecule has 0 spiro atoms. The van der Waals surface area contributed by atoms with Gasteiger partial charge in [-0.3, -0.25) is 10.1 Å². The Labute approximate surface area is 166 Å². The summed E-state index contributed by atoms with van der Waals surface area (Å²) in [5, 5.41) is 19.2. The second-order valence-electron chi connectivity index (χ2n) is 5.50. The molecule has 0 fully saturated rings. The van der Waals surface area contributed by atoms with E-state index in [0.717, 1.165) is 29.0 Å². The topological polar surface area (TPSA) is 78.7 Å². The van der Waals surface area contributed by atoms with Crippen LogP contribution in [0.3, 0.4) is 0 Å². The molecule has 3 rings (SSSR count). The summed E-state index contributed by atoms with van der Waals surface area (Å²) in [5.74, 6) is -0.0899. The maximum atomic E-state index is 12.8. The molecule has 1 N–H and O–H groups in total. The maximum Gasteiger partial charge on any atom is 0.416 e. The Balaban J connectivity index is 1.61.